The number of H-pyrrole nitrogens is 1. The Hall–Kier alpha value is -3.66. The van der Waals surface area contributed by atoms with E-state index in [1.807, 2.05) is 0 Å². The van der Waals surface area contributed by atoms with Crippen LogP contribution in [-0.2, 0) is 6.54 Å². The molecular formula is C23H23N3O4. The Balaban J connectivity index is 1.64. The Morgan fingerprint density at radius 3 is 2.30 bits per heavy atom. The summed E-state index contributed by atoms with van der Waals surface area (Å²) in [5, 5.41) is 0. The highest BCUT2D eigenvalue weighted by Crippen LogP contribution is 2.21. The van der Waals surface area contributed by atoms with Crippen molar-refractivity contribution >= 4 is 11.8 Å². The minimum Gasteiger partial charge on any atom is -0.296 e. The van der Waals surface area contributed by atoms with E-state index in [2.05, 4.69) is 23.7 Å². The predicted molar refractivity (Wildman–Crippen MR) is 113 cm³/mol. The molecule has 7 heteroatoms. The molecule has 2 aromatic rings. The number of fused-ring (bicyclic) bond motifs is 1. The summed E-state index contributed by atoms with van der Waals surface area (Å²) in [4.78, 5) is 52.0. The summed E-state index contributed by atoms with van der Waals surface area (Å²) in [6, 6.07) is 6.69. The summed E-state index contributed by atoms with van der Waals surface area (Å²) < 4.78 is 1.33. The molecule has 1 aliphatic rings. The molecule has 0 saturated heterocycles. The molecule has 7 nitrogen and oxygen atoms in total. The molecule has 3 rings (SSSR count). The summed E-state index contributed by atoms with van der Waals surface area (Å²) in [5.74, 6) is 5.12. The minimum absolute atomic E-state index is 0.106. The molecule has 0 atom stereocenters. The number of aromatic nitrogens is 2. The summed E-state index contributed by atoms with van der Waals surface area (Å²) in [6.07, 6.45) is 8.61. The van der Waals surface area contributed by atoms with Gasteiger partial charge in [0.15, 0.2) is 0 Å². The zero-order valence-electron chi connectivity index (χ0n) is 16.8. The summed E-state index contributed by atoms with van der Waals surface area (Å²) >= 11 is 0. The molecule has 30 heavy (non-hydrogen) atoms. The fourth-order valence-electron chi connectivity index (χ4n) is 3.13. The topological polar surface area (TPSA) is 92.2 Å². The van der Waals surface area contributed by atoms with Crippen LogP contribution in [0.25, 0.3) is 0 Å². The fourth-order valence-corrected chi connectivity index (χ4v) is 3.13. The maximum absolute atomic E-state index is 12.3. The average Bonchev–Trinajstić information content (AvgIpc) is 2.98. The lowest BCUT2D eigenvalue weighted by molar-refractivity contribution is 0.0672. The number of carbonyl (C=O) groups is 2. The van der Waals surface area contributed by atoms with Crippen molar-refractivity contribution < 1.29 is 9.59 Å². The highest BCUT2D eigenvalue weighted by Gasteiger charge is 2.33. The van der Waals surface area contributed by atoms with Crippen molar-refractivity contribution in [3.63, 3.8) is 0 Å². The van der Waals surface area contributed by atoms with E-state index in [0.717, 1.165) is 24.2 Å². The number of imide groups is 1. The first-order chi connectivity index (χ1) is 14.5. The molecule has 0 bridgehead atoms. The van der Waals surface area contributed by atoms with Crippen molar-refractivity contribution in [1.82, 2.24) is 14.5 Å². The van der Waals surface area contributed by atoms with Gasteiger partial charge in [-0.25, -0.2) is 4.79 Å². The van der Waals surface area contributed by atoms with Gasteiger partial charge >= 0.3 is 5.69 Å². The highest BCUT2D eigenvalue weighted by atomic mass is 16.2. The van der Waals surface area contributed by atoms with Gasteiger partial charge in [0.25, 0.3) is 17.4 Å². The van der Waals surface area contributed by atoms with E-state index in [0.29, 0.717) is 17.5 Å². The van der Waals surface area contributed by atoms with Crippen molar-refractivity contribution in [1.29, 1.82) is 0 Å². The number of unbranched alkanes of at least 4 members (excludes halogenated alkanes) is 3. The number of benzene rings is 1. The number of rotatable bonds is 7. The maximum Gasteiger partial charge on any atom is 0.328 e. The Labute approximate surface area is 174 Å². The lowest BCUT2D eigenvalue weighted by Gasteiger charge is -2.10. The summed E-state index contributed by atoms with van der Waals surface area (Å²) in [7, 11) is 0. The van der Waals surface area contributed by atoms with E-state index in [1.54, 1.807) is 36.4 Å². The number of hydrogen-bond acceptors (Lipinski definition) is 4. The van der Waals surface area contributed by atoms with E-state index >= 15 is 0 Å². The molecule has 1 aromatic carbocycles. The number of hydrogen-bond donors (Lipinski definition) is 1. The molecule has 1 N–H and O–H groups in total. The molecule has 0 saturated carbocycles. The van der Waals surface area contributed by atoms with E-state index in [1.165, 1.54) is 10.8 Å². The van der Waals surface area contributed by atoms with Gasteiger partial charge in [-0.1, -0.05) is 55.9 Å². The molecule has 2 heterocycles. The lowest BCUT2D eigenvalue weighted by atomic mass is 10.1. The van der Waals surface area contributed by atoms with Gasteiger partial charge in [-0.2, -0.15) is 0 Å². The standard InChI is InChI=1S/C23H23N3O4/c1-2-3-4-5-6-11-17-16-25(23(30)24-20(17)27)14-9-10-15-26-21(28)18-12-7-8-13-19(18)22(26)29/h7-10,12-13,16H,2-5,14-15H2,1H3,(H,24,27,30)/b10-9+. The fraction of sp³-hybridized carbons (Fsp3) is 0.304. The third-order valence-electron chi connectivity index (χ3n) is 4.77. The smallest absolute Gasteiger partial charge is 0.296 e. The molecule has 0 aliphatic carbocycles. The SMILES string of the molecule is CCCCCC#Cc1cn(C/C=C/CN2C(=O)c3ccccc3C2=O)c(=O)[nH]c1=O. The highest BCUT2D eigenvalue weighted by molar-refractivity contribution is 6.21. The van der Waals surface area contributed by atoms with Crippen LogP contribution >= 0.6 is 0 Å². The van der Waals surface area contributed by atoms with Crippen molar-refractivity contribution in [2.45, 2.75) is 39.2 Å². The molecule has 154 valence electrons. The maximum atomic E-state index is 12.3. The molecule has 1 aliphatic heterocycles. The van der Waals surface area contributed by atoms with Crippen LogP contribution in [-0.4, -0.2) is 32.8 Å². The van der Waals surface area contributed by atoms with Crippen LogP contribution in [0.15, 0.2) is 52.2 Å². The van der Waals surface area contributed by atoms with Crippen LogP contribution in [0.3, 0.4) is 0 Å². The third kappa shape index (κ3) is 4.66. The number of allylic oxidation sites excluding steroid dienone is 1. The number of carbonyl (C=O) groups excluding carboxylic acids is 2. The second-order valence-corrected chi connectivity index (χ2v) is 6.95. The van der Waals surface area contributed by atoms with Crippen LogP contribution in [0.4, 0.5) is 0 Å². The predicted octanol–water partition coefficient (Wildman–Crippen LogP) is 2.32. The van der Waals surface area contributed by atoms with Crippen molar-refractivity contribution in [3.05, 3.63) is 80.1 Å². The van der Waals surface area contributed by atoms with Gasteiger partial charge in [0.2, 0.25) is 0 Å². The number of nitrogens with one attached hydrogen (secondary N) is 1. The van der Waals surface area contributed by atoms with Crippen molar-refractivity contribution in [3.8, 4) is 11.8 Å². The molecule has 0 radical (unpaired) electrons. The number of aromatic amines is 1. The minimum atomic E-state index is -0.540. The molecule has 1 aromatic heterocycles. The van der Waals surface area contributed by atoms with Gasteiger partial charge in [-0.05, 0) is 18.6 Å². The van der Waals surface area contributed by atoms with Gasteiger partial charge < -0.3 is 0 Å². The van der Waals surface area contributed by atoms with Crippen LogP contribution in [0.1, 0.15) is 58.9 Å². The van der Waals surface area contributed by atoms with Gasteiger partial charge in [-0.3, -0.25) is 28.8 Å². The Morgan fingerprint density at radius 1 is 0.967 bits per heavy atom. The Bertz CT molecular complexity index is 1130. The lowest BCUT2D eigenvalue weighted by Crippen LogP contribution is -2.31. The van der Waals surface area contributed by atoms with Crippen molar-refractivity contribution in [2.75, 3.05) is 6.54 Å². The van der Waals surface area contributed by atoms with E-state index < -0.39 is 11.2 Å². The number of nitrogens with zero attached hydrogens (tertiary/aromatic N) is 2. The second kappa shape index (κ2) is 9.70. The van der Waals surface area contributed by atoms with E-state index in [-0.39, 0.29) is 30.5 Å². The molecule has 0 fully saturated rings. The molecule has 0 unspecified atom stereocenters. The third-order valence-corrected chi connectivity index (χ3v) is 4.77. The normalized spacial score (nSPS) is 12.9. The second-order valence-electron chi connectivity index (χ2n) is 6.95. The van der Waals surface area contributed by atoms with Gasteiger partial charge in [-0.15, -0.1) is 0 Å². The van der Waals surface area contributed by atoms with Gasteiger partial charge in [0.1, 0.15) is 5.56 Å². The monoisotopic (exact) mass is 405 g/mol. The zero-order valence-corrected chi connectivity index (χ0v) is 16.8. The van der Waals surface area contributed by atoms with Gasteiger partial charge in [0.05, 0.1) is 11.1 Å². The summed E-state index contributed by atoms with van der Waals surface area (Å²) in [6.45, 7) is 2.40. The Morgan fingerprint density at radius 2 is 1.63 bits per heavy atom. The van der Waals surface area contributed by atoms with Gasteiger partial charge in [0, 0.05) is 25.7 Å². The molecule has 2 amide bonds. The molecule has 0 spiro atoms. The molecular weight excluding hydrogens is 382 g/mol. The van der Waals surface area contributed by atoms with Crippen molar-refractivity contribution in [2.24, 2.45) is 0 Å². The average molecular weight is 405 g/mol. The zero-order chi connectivity index (χ0) is 21.5. The first kappa shape index (κ1) is 21.1. The number of amides is 2. The summed E-state index contributed by atoms with van der Waals surface area (Å²) in [5.41, 5.74) is -0.0131. The first-order valence-electron chi connectivity index (χ1n) is 9.95. The van der Waals surface area contributed by atoms with Crippen LogP contribution < -0.4 is 11.2 Å². The van der Waals surface area contributed by atoms with E-state index in [4.69, 9.17) is 0 Å². The van der Waals surface area contributed by atoms with Crippen LogP contribution in [0.5, 0.6) is 0 Å². The largest absolute Gasteiger partial charge is 0.328 e. The van der Waals surface area contributed by atoms with Crippen LogP contribution in [0, 0.1) is 11.8 Å². The Kier molecular flexibility index (Phi) is 6.81. The first-order valence-corrected chi connectivity index (χ1v) is 9.95. The van der Waals surface area contributed by atoms with Crippen LogP contribution in [0.2, 0.25) is 0 Å². The van der Waals surface area contributed by atoms with E-state index in [9.17, 15) is 19.2 Å². The quantitative estimate of drug-likeness (QED) is 0.331.